The molecule has 2 aromatic rings. The zero-order chi connectivity index (χ0) is 22.3. The number of halogens is 2. The highest BCUT2D eigenvalue weighted by Crippen LogP contribution is 2.25. The first-order valence-electron chi connectivity index (χ1n) is 11.8. The van der Waals surface area contributed by atoms with Crippen molar-refractivity contribution in [2.24, 2.45) is 11.8 Å². The molecule has 4 rings (SSSR count). The van der Waals surface area contributed by atoms with Gasteiger partial charge < -0.3 is 15.1 Å². The normalized spacial score (nSPS) is 20.3. The van der Waals surface area contributed by atoms with Crippen LogP contribution in [0.2, 0.25) is 0 Å². The number of urea groups is 1. The molecular formula is C26H33F2N3O. The highest BCUT2D eigenvalue weighted by molar-refractivity contribution is 5.89. The fourth-order valence-electron chi connectivity index (χ4n) is 4.95. The van der Waals surface area contributed by atoms with E-state index < -0.39 is 0 Å². The molecule has 0 aromatic heterocycles. The zero-order valence-corrected chi connectivity index (χ0v) is 18.6. The molecule has 2 aliphatic rings. The lowest BCUT2D eigenvalue weighted by Gasteiger charge is -2.36. The number of likely N-dealkylation sites (tertiary alicyclic amines) is 2. The lowest BCUT2D eigenvalue weighted by atomic mass is 9.89. The Hall–Kier alpha value is -2.47. The number of amides is 2. The number of carbonyl (C=O) groups excluding carboxylic acids is 1. The van der Waals surface area contributed by atoms with Crippen LogP contribution in [0.3, 0.4) is 0 Å². The average molecular weight is 442 g/mol. The number of rotatable bonds is 6. The summed E-state index contributed by atoms with van der Waals surface area (Å²) in [6.07, 6.45) is 6.73. The maximum absolute atomic E-state index is 13.1. The Morgan fingerprint density at radius 1 is 0.875 bits per heavy atom. The molecule has 2 aromatic carbocycles. The van der Waals surface area contributed by atoms with Gasteiger partial charge in [0, 0.05) is 18.8 Å². The monoisotopic (exact) mass is 441 g/mol. The minimum absolute atomic E-state index is 0.0945. The number of hydrogen-bond donors (Lipinski definition) is 1. The number of nitrogens with zero attached hydrogens (tertiary/aromatic N) is 2. The van der Waals surface area contributed by atoms with Gasteiger partial charge >= 0.3 is 6.03 Å². The third kappa shape index (κ3) is 6.52. The van der Waals surface area contributed by atoms with Gasteiger partial charge in [-0.2, -0.15) is 0 Å². The number of nitrogens with one attached hydrogen (secondary N) is 1. The number of piperidine rings is 2. The minimum Gasteiger partial charge on any atom is -0.324 e. The predicted octanol–water partition coefficient (Wildman–Crippen LogP) is 5.55. The van der Waals surface area contributed by atoms with E-state index in [0.29, 0.717) is 17.5 Å². The second-order valence-corrected chi connectivity index (χ2v) is 9.30. The first-order chi connectivity index (χ1) is 15.5. The van der Waals surface area contributed by atoms with Gasteiger partial charge in [-0.25, -0.2) is 13.6 Å². The van der Waals surface area contributed by atoms with Crippen molar-refractivity contribution >= 4 is 11.7 Å². The molecule has 2 amide bonds. The fourth-order valence-corrected chi connectivity index (χ4v) is 4.95. The Morgan fingerprint density at radius 2 is 1.53 bits per heavy atom. The summed E-state index contributed by atoms with van der Waals surface area (Å²) in [5.74, 6) is 0.731. The predicted molar refractivity (Wildman–Crippen MR) is 124 cm³/mol. The molecule has 2 fully saturated rings. The summed E-state index contributed by atoms with van der Waals surface area (Å²) in [7, 11) is 0. The quantitative estimate of drug-likeness (QED) is 0.638. The van der Waals surface area contributed by atoms with Gasteiger partial charge in [-0.3, -0.25) is 0 Å². The smallest absolute Gasteiger partial charge is 0.321 e. The van der Waals surface area contributed by atoms with E-state index in [9.17, 15) is 13.6 Å². The second-order valence-electron chi connectivity index (χ2n) is 9.30. The Morgan fingerprint density at radius 3 is 2.22 bits per heavy atom. The number of benzene rings is 2. The van der Waals surface area contributed by atoms with Crippen molar-refractivity contribution in [3.63, 3.8) is 0 Å². The van der Waals surface area contributed by atoms with Crippen LogP contribution in [0, 0.1) is 23.5 Å². The van der Waals surface area contributed by atoms with Crippen LogP contribution in [-0.4, -0.2) is 48.6 Å². The summed E-state index contributed by atoms with van der Waals surface area (Å²) in [4.78, 5) is 17.0. The molecule has 1 N–H and O–H groups in total. The van der Waals surface area contributed by atoms with Crippen LogP contribution in [0.25, 0.3) is 0 Å². The lowest BCUT2D eigenvalue weighted by molar-refractivity contribution is 0.145. The molecule has 1 unspecified atom stereocenters. The van der Waals surface area contributed by atoms with Crippen molar-refractivity contribution in [1.29, 1.82) is 0 Å². The summed E-state index contributed by atoms with van der Waals surface area (Å²) >= 11 is 0. The van der Waals surface area contributed by atoms with Crippen LogP contribution in [-0.2, 0) is 6.42 Å². The van der Waals surface area contributed by atoms with E-state index in [4.69, 9.17) is 0 Å². The highest BCUT2D eigenvalue weighted by atomic mass is 19.1. The highest BCUT2D eigenvalue weighted by Gasteiger charge is 2.25. The molecule has 32 heavy (non-hydrogen) atoms. The molecule has 0 saturated carbocycles. The van der Waals surface area contributed by atoms with Crippen LogP contribution in [0.4, 0.5) is 19.3 Å². The number of carbonyl (C=O) groups is 1. The molecule has 0 bridgehead atoms. The van der Waals surface area contributed by atoms with Crippen molar-refractivity contribution < 1.29 is 13.6 Å². The molecule has 0 aliphatic carbocycles. The SMILES string of the molecule is O=C(Nc1ccc(F)cc1)N1CCCC(CCN2CCC(Cc3ccc(F)cc3)CC2)C1. The maximum atomic E-state index is 13.1. The Kier molecular flexibility index (Phi) is 7.74. The van der Waals surface area contributed by atoms with Crippen LogP contribution >= 0.6 is 0 Å². The summed E-state index contributed by atoms with van der Waals surface area (Å²) in [6.45, 7) is 4.88. The molecule has 172 valence electrons. The van der Waals surface area contributed by atoms with E-state index in [1.54, 1.807) is 24.3 Å². The van der Waals surface area contributed by atoms with Crippen molar-refractivity contribution in [3.8, 4) is 0 Å². The lowest BCUT2D eigenvalue weighted by Crippen LogP contribution is -2.43. The maximum Gasteiger partial charge on any atom is 0.321 e. The fraction of sp³-hybridized carbons (Fsp3) is 0.500. The molecule has 2 aliphatic heterocycles. The van der Waals surface area contributed by atoms with Crippen molar-refractivity contribution in [1.82, 2.24) is 9.80 Å². The molecule has 0 spiro atoms. The van der Waals surface area contributed by atoms with Crippen molar-refractivity contribution in [3.05, 3.63) is 65.7 Å². The number of hydrogen-bond acceptors (Lipinski definition) is 2. The van der Waals surface area contributed by atoms with Gasteiger partial charge in [0.05, 0.1) is 0 Å². The summed E-state index contributed by atoms with van der Waals surface area (Å²) < 4.78 is 26.2. The van der Waals surface area contributed by atoms with Gasteiger partial charge in [-0.1, -0.05) is 12.1 Å². The molecular weight excluding hydrogens is 408 g/mol. The number of anilines is 1. The van der Waals surface area contributed by atoms with Gasteiger partial charge in [0.2, 0.25) is 0 Å². The van der Waals surface area contributed by atoms with E-state index >= 15 is 0 Å². The van der Waals surface area contributed by atoms with Crippen molar-refractivity contribution in [2.75, 3.05) is 38.0 Å². The van der Waals surface area contributed by atoms with E-state index in [1.807, 2.05) is 17.0 Å². The first-order valence-corrected chi connectivity index (χ1v) is 11.8. The third-order valence-corrected chi connectivity index (χ3v) is 6.90. The Labute approximate surface area is 189 Å². The molecule has 2 heterocycles. The van der Waals surface area contributed by atoms with Crippen LogP contribution in [0.15, 0.2) is 48.5 Å². The Balaban J connectivity index is 1.17. The van der Waals surface area contributed by atoms with Crippen molar-refractivity contribution in [2.45, 2.75) is 38.5 Å². The average Bonchev–Trinajstić information content (AvgIpc) is 2.82. The second kappa shape index (κ2) is 10.9. The summed E-state index contributed by atoms with van der Waals surface area (Å²) in [5, 5.41) is 2.88. The molecule has 6 heteroatoms. The summed E-state index contributed by atoms with van der Waals surface area (Å²) in [5.41, 5.74) is 1.85. The van der Waals surface area contributed by atoms with Gasteiger partial charge in [0.15, 0.2) is 0 Å². The molecule has 0 radical (unpaired) electrons. The molecule has 2 saturated heterocycles. The van der Waals surface area contributed by atoms with Gasteiger partial charge in [-0.05, 0) is 112 Å². The van der Waals surface area contributed by atoms with Crippen LogP contribution < -0.4 is 5.32 Å². The van der Waals surface area contributed by atoms with Gasteiger partial charge in [-0.15, -0.1) is 0 Å². The minimum atomic E-state index is -0.305. The molecule has 1 atom stereocenters. The zero-order valence-electron chi connectivity index (χ0n) is 18.6. The first kappa shape index (κ1) is 22.7. The standard InChI is InChI=1S/C26H33F2N3O/c27-23-5-3-20(4-6-23)18-21-11-15-30(16-12-21)17-13-22-2-1-14-31(19-22)26(32)29-25-9-7-24(28)8-10-25/h3-10,21-22H,1-2,11-19H2,(H,29,32). The Bertz CT molecular complexity index is 864. The third-order valence-electron chi connectivity index (χ3n) is 6.90. The van der Waals surface area contributed by atoms with Gasteiger partial charge in [0.1, 0.15) is 11.6 Å². The van der Waals surface area contributed by atoms with Gasteiger partial charge in [0.25, 0.3) is 0 Å². The molecule has 4 nitrogen and oxygen atoms in total. The van der Waals surface area contributed by atoms with Crippen LogP contribution in [0.5, 0.6) is 0 Å². The van der Waals surface area contributed by atoms with E-state index in [2.05, 4.69) is 10.2 Å². The van der Waals surface area contributed by atoms with Crippen LogP contribution in [0.1, 0.15) is 37.7 Å². The van der Waals surface area contributed by atoms with E-state index in [-0.39, 0.29) is 17.7 Å². The topological polar surface area (TPSA) is 35.6 Å². The summed E-state index contributed by atoms with van der Waals surface area (Å²) in [6, 6.07) is 12.7. The van der Waals surface area contributed by atoms with E-state index in [1.165, 1.54) is 37.0 Å². The largest absolute Gasteiger partial charge is 0.324 e. The van der Waals surface area contributed by atoms with E-state index in [0.717, 1.165) is 52.0 Å².